The molecule has 1 nitrogen and oxygen atoms in total. The third-order valence-corrected chi connectivity index (χ3v) is 4.91. The number of nitrogens with zero attached hydrogens (tertiary/aromatic N) is 1. The lowest BCUT2D eigenvalue weighted by molar-refractivity contribution is 0.0567. The molecule has 0 bridgehead atoms. The highest BCUT2D eigenvalue weighted by Gasteiger charge is 2.41. The normalized spacial score (nSPS) is 40.8. The molecular formula is C14H27N. The predicted molar refractivity (Wildman–Crippen MR) is 65.9 cm³/mol. The lowest BCUT2D eigenvalue weighted by atomic mass is 9.61. The number of rotatable bonds is 3. The quantitative estimate of drug-likeness (QED) is 0.687. The van der Waals surface area contributed by atoms with E-state index in [9.17, 15) is 0 Å². The Morgan fingerprint density at radius 1 is 1.07 bits per heavy atom. The van der Waals surface area contributed by atoms with Crippen molar-refractivity contribution in [3.63, 3.8) is 0 Å². The van der Waals surface area contributed by atoms with Crippen molar-refractivity contribution >= 4 is 0 Å². The second kappa shape index (κ2) is 4.86. The van der Waals surface area contributed by atoms with Crippen LogP contribution in [0.3, 0.4) is 0 Å². The zero-order valence-corrected chi connectivity index (χ0v) is 10.7. The molecule has 0 N–H and O–H groups in total. The molecule has 2 rings (SSSR count). The zero-order valence-electron chi connectivity index (χ0n) is 10.7. The maximum absolute atomic E-state index is 2.44. The van der Waals surface area contributed by atoms with Gasteiger partial charge in [0.15, 0.2) is 0 Å². The molecule has 0 heterocycles. The lowest BCUT2D eigenvalue weighted by Gasteiger charge is -2.44. The maximum Gasteiger partial charge on any atom is 0.00893 e. The third-order valence-electron chi connectivity index (χ3n) is 4.91. The van der Waals surface area contributed by atoms with Gasteiger partial charge in [0, 0.05) is 6.04 Å². The van der Waals surface area contributed by atoms with Crippen LogP contribution in [0, 0.1) is 17.8 Å². The summed E-state index contributed by atoms with van der Waals surface area (Å²) in [5, 5.41) is 0. The summed E-state index contributed by atoms with van der Waals surface area (Å²) in [5.41, 5.74) is 0. The fourth-order valence-electron chi connectivity index (χ4n) is 3.89. The molecule has 0 aromatic heterocycles. The molecule has 0 spiro atoms. The van der Waals surface area contributed by atoms with Crippen molar-refractivity contribution in [1.82, 2.24) is 4.90 Å². The number of hydrogen-bond acceptors (Lipinski definition) is 1. The van der Waals surface area contributed by atoms with Crippen molar-refractivity contribution in [1.29, 1.82) is 0 Å². The zero-order chi connectivity index (χ0) is 10.8. The summed E-state index contributed by atoms with van der Waals surface area (Å²) in [7, 11) is 4.50. The van der Waals surface area contributed by atoms with Crippen LogP contribution >= 0.6 is 0 Å². The van der Waals surface area contributed by atoms with Crippen LogP contribution in [0.5, 0.6) is 0 Å². The van der Waals surface area contributed by atoms with Gasteiger partial charge in [0.05, 0.1) is 0 Å². The fraction of sp³-hybridized carbons (Fsp3) is 1.00. The molecule has 4 atom stereocenters. The maximum atomic E-state index is 2.44. The minimum atomic E-state index is 0.873. The van der Waals surface area contributed by atoms with Gasteiger partial charge in [0.1, 0.15) is 0 Å². The highest BCUT2D eigenvalue weighted by molar-refractivity contribution is 4.92. The number of hydrogen-bond donors (Lipinski definition) is 0. The van der Waals surface area contributed by atoms with Crippen LogP contribution in [-0.2, 0) is 0 Å². The molecule has 2 aliphatic rings. The Kier molecular flexibility index (Phi) is 3.71. The Bertz CT molecular complexity index is 200. The van der Waals surface area contributed by atoms with Crippen LogP contribution in [0.4, 0.5) is 0 Å². The standard InChI is InChI=1S/C14H27N/c1-4-5-11-10-12-6-7-13(15(2)3)8-9-14(11)12/h11-14H,4-10H2,1-3H3/t11?,12-,13?,14?/m0/s1. The highest BCUT2D eigenvalue weighted by atomic mass is 15.1. The first-order valence-electron chi connectivity index (χ1n) is 6.88. The first kappa shape index (κ1) is 11.4. The van der Waals surface area contributed by atoms with Crippen LogP contribution in [0.1, 0.15) is 51.9 Å². The molecular weight excluding hydrogens is 182 g/mol. The van der Waals surface area contributed by atoms with Gasteiger partial charge in [-0.15, -0.1) is 0 Å². The van der Waals surface area contributed by atoms with Crippen LogP contribution in [-0.4, -0.2) is 25.0 Å². The van der Waals surface area contributed by atoms with E-state index in [-0.39, 0.29) is 0 Å². The van der Waals surface area contributed by atoms with Crippen LogP contribution in [0.15, 0.2) is 0 Å². The molecule has 0 amide bonds. The molecule has 0 radical (unpaired) electrons. The minimum Gasteiger partial charge on any atom is -0.306 e. The van der Waals surface area contributed by atoms with E-state index < -0.39 is 0 Å². The lowest BCUT2D eigenvalue weighted by Crippen LogP contribution is -2.35. The predicted octanol–water partition coefficient (Wildman–Crippen LogP) is 3.54. The Balaban J connectivity index is 1.85. The van der Waals surface area contributed by atoms with Gasteiger partial charge in [-0.2, -0.15) is 0 Å². The molecule has 0 aromatic rings. The molecule has 2 fully saturated rings. The summed E-state index contributed by atoms with van der Waals surface area (Å²) in [5.74, 6) is 3.31. The van der Waals surface area contributed by atoms with Gasteiger partial charge in [-0.25, -0.2) is 0 Å². The molecule has 2 saturated carbocycles. The van der Waals surface area contributed by atoms with Gasteiger partial charge < -0.3 is 4.90 Å². The summed E-state index contributed by atoms with van der Waals surface area (Å²) in [6, 6.07) is 0.873. The van der Waals surface area contributed by atoms with Gasteiger partial charge in [0.2, 0.25) is 0 Å². The highest BCUT2D eigenvalue weighted by Crippen LogP contribution is 2.50. The average Bonchev–Trinajstić information content (AvgIpc) is 2.34. The monoisotopic (exact) mass is 209 g/mol. The van der Waals surface area contributed by atoms with E-state index in [2.05, 4.69) is 25.9 Å². The molecule has 15 heavy (non-hydrogen) atoms. The Morgan fingerprint density at radius 2 is 1.80 bits per heavy atom. The van der Waals surface area contributed by atoms with E-state index in [0.717, 1.165) is 23.8 Å². The smallest absolute Gasteiger partial charge is 0.00893 e. The van der Waals surface area contributed by atoms with E-state index in [1.165, 1.54) is 38.5 Å². The Morgan fingerprint density at radius 3 is 2.47 bits per heavy atom. The average molecular weight is 209 g/mol. The molecule has 1 heteroatoms. The van der Waals surface area contributed by atoms with Gasteiger partial charge in [0.25, 0.3) is 0 Å². The van der Waals surface area contributed by atoms with E-state index >= 15 is 0 Å². The van der Waals surface area contributed by atoms with Crippen molar-refractivity contribution in [2.24, 2.45) is 17.8 Å². The molecule has 2 aliphatic carbocycles. The largest absolute Gasteiger partial charge is 0.306 e. The van der Waals surface area contributed by atoms with Crippen molar-refractivity contribution in [2.75, 3.05) is 14.1 Å². The fourth-order valence-corrected chi connectivity index (χ4v) is 3.89. The second-order valence-electron chi connectivity index (χ2n) is 5.98. The van der Waals surface area contributed by atoms with Gasteiger partial charge >= 0.3 is 0 Å². The first-order chi connectivity index (χ1) is 7.22. The van der Waals surface area contributed by atoms with E-state index in [1.54, 1.807) is 6.42 Å². The minimum absolute atomic E-state index is 0.873. The molecule has 88 valence electrons. The second-order valence-corrected chi connectivity index (χ2v) is 5.98. The van der Waals surface area contributed by atoms with Gasteiger partial charge in [-0.05, 0) is 64.0 Å². The molecule has 0 aromatic carbocycles. The molecule has 3 unspecified atom stereocenters. The van der Waals surface area contributed by atoms with Crippen molar-refractivity contribution < 1.29 is 0 Å². The van der Waals surface area contributed by atoms with Crippen LogP contribution in [0.2, 0.25) is 0 Å². The first-order valence-corrected chi connectivity index (χ1v) is 6.88. The van der Waals surface area contributed by atoms with Crippen LogP contribution in [0.25, 0.3) is 0 Å². The van der Waals surface area contributed by atoms with E-state index in [0.29, 0.717) is 0 Å². The summed E-state index contributed by atoms with van der Waals surface area (Å²) in [4.78, 5) is 2.44. The third kappa shape index (κ3) is 2.38. The van der Waals surface area contributed by atoms with Crippen molar-refractivity contribution in [3.8, 4) is 0 Å². The van der Waals surface area contributed by atoms with E-state index in [1.807, 2.05) is 0 Å². The Hall–Kier alpha value is -0.0400. The van der Waals surface area contributed by atoms with Gasteiger partial charge in [-0.3, -0.25) is 0 Å². The topological polar surface area (TPSA) is 3.24 Å². The summed E-state index contributed by atoms with van der Waals surface area (Å²) in [6.07, 6.45) is 10.4. The Labute approximate surface area is 95.2 Å². The van der Waals surface area contributed by atoms with E-state index in [4.69, 9.17) is 0 Å². The molecule has 0 saturated heterocycles. The summed E-state index contributed by atoms with van der Waals surface area (Å²) < 4.78 is 0. The van der Waals surface area contributed by atoms with Crippen molar-refractivity contribution in [2.45, 2.75) is 57.9 Å². The van der Waals surface area contributed by atoms with Gasteiger partial charge in [-0.1, -0.05) is 19.8 Å². The summed E-state index contributed by atoms with van der Waals surface area (Å²) >= 11 is 0. The van der Waals surface area contributed by atoms with Crippen molar-refractivity contribution in [3.05, 3.63) is 0 Å². The number of fused-ring (bicyclic) bond motifs is 1. The molecule has 0 aliphatic heterocycles. The summed E-state index contributed by atoms with van der Waals surface area (Å²) in [6.45, 7) is 2.34. The van der Waals surface area contributed by atoms with Crippen LogP contribution < -0.4 is 0 Å². The SMILES string of the molecule is CCCC1C[C@@H]2CCC(N(C)C)CCC12.